The van der Waals surface area contributed by atoms with E-state index in [-0.39, 0.29) is 9.83 Å². The van der Waals surface area contributed by atoms with Crippen molar-refractivity contribution in [2.24, 2.45) is 0 Å². The van der Waals surface area contributed by atoms with Crippen LogP contribution in [0.1, 0.15) is 18.9 Å². The quantitative estimate of drug-likeness (QED) is 0.443. The number of alkyl halides is 1. The lowest BCUT2D eigenvalue weighted by atomic mass is 10.0. The minimum Gasteiger partial charge on any atom is -0.311 e. The number of amides is 1. The summed E-state index contributed by atoms with van der Waals surface area (Å²) in [7, 11) is 0. The average Bonchev–Trinajstić information content (AvgIpc) is 2.33. The normalized spacial score (nSPS) is 20.0. The lowest BCUT2D eigenvalue weighted by Gasteiger charge is -2.31. The number of rotatable bonds is 2. The molecule has 1 amide bonds. The van der Waals surface area contributed by atoms with Gasteiger partial charge in [-0.1, -0.05) is 66.6 Å². The van der Waals surface area contributed by atoms with Crippen molar-refractivity contribution in [3.05, 3.63) is 38.8 Å². The van der Waals surface area contributed by atoms with Gasteiger partial charge in [0, 0.05) is 26.8 Å². The van der Waals surface area contributed by atoms with Gasteiger partial charge in [0.05, 0.1) is 3.92 Å². The number of hydrogen-bond acceptors (Lipinski definition) is 1. The second-order valence-corrected chi connectivity index (χ2v) is 7.27. The van der Waals surface area contributed by atoms with Crippen LogP contribution in [0.25, 0.3) is 5.70 Å². The van der Waals surface area contributed by atoms with E-state index >= 15 is 0 Å². The highest BCUT2D eigenvalue weighted by Crippen LogP contribution is 2.34. The molecule has 0 bridgehead atoms. The van der Waals surface area contributed by atoms with E-state index in [9.17, 15) is 4.79 Å². The first-order valence-electron chi connectivity index (χ1n) is 5.65. The Morgan fingerprint density at radius 3 is 2.78 bits per heavy atom. The number of nitrogens with zero attached hydrogens (tertiary/aromatic N) is 1. The second-order valence-electron chi connectivity index (χ2n) is 4.00. The molecule has 1 aliphatic rings. The van der Waals surface area contributed by atoms with E-state index < -0.39 is 0 Å². The van der Waals surface area contributed by atoms with Gasteiger partial charge in [0.2, 0.25) is 5.91 Å². The largest absolute Gasteiger partial charge is 0.311 e. The lowest BCUT2D eigenvalue weighted by Crippen LogP contribution is -2.38. The summed E-state index contributed by atoms with van der Waals surface area (Å²) in [5, 5.41) is 0. The standard InChI is InChI=1S/C13H12Br2INO/c1-2-17-12(6-5-11(16)13(17)18)9-4-3-8(14)7-10(9)15/h3-4,6-7,11H,2,5H2,1H3. The van der Waals surface area contributed by atoms with E-state index in [0.717, 1.165) is 26.6 Å². The Balaban J connectivity index is 2.45. The highest BCUT2D eigenvalue weighted by atomic mass is 127. The third kappa shape index (κ3) is 2.82. The minimum atomic E-state index is 0.0560. The van der Waals surface area contributed by atoms with Crippen molar-refractivity contribution in [3.63, 3.8) is 0 Å². The molecule has 0 saturated carbocycles. The molecule has 1 aromatic carbocycles. The summed E-state index contributed by atoms with van der Waals surface area (Å²) in [5.74, 6) is 0.199. The molecule has 0 fully saturated rings. The molecule has 0 aromatic heterocycles. The van der Waals surface area contributed by atoms with Crippen LogP contribution >= 0.6 is 54.5 Å². The number of halogens is 3. The zero-order valence-electron chi connectivity index (χ0n) is 9.79. The molecule has 5 heteroatoms. The van der Waals surface area contributed by atoms with Gasteiger partial charge in [-0.2, -0.15) is 0 Å². The van der Waals surface area contributed by atoms with E-state index in [0.29, 0.717) is 6.54 Å². The Labute approximate surface area is 137 Å². The maximum Gasteiger partial charge on any atom is 0.240 e. The van der Waals surface area contributed by atoms with Crippen molar-refractivity contribution in [3.8, 4) is 0 Å². The first-order valence-corrected chi connectivity index (χ1v) is 8.48. The van der Waals surface area contributed by atoms with Gasteiger partial charge in [-0.25, -0.2) is 0 Å². The molecule has 1 aromatic rings. The van der Waals surface area contributed by atoms with Crippen LogP contribution in [-0.2, 0) is 4.79 Å². The minimum absolute atomic E-state index is 0.0560. The van der Waals surface area contributed by atoms with Gasteiger partial charge in [0.25, 0.3) is 0 Å². The molecule has 0 aliphatic carbocycles. The van der Waals surface area contributed by atoms with Crippen LogP contribution in [0.4, 0.5) is 0 Å². The topological polar surface area (TPSA) is 20.3 Å². The summed E-state index contributed by atoms with van der Waals surface area (Å²) in [5.41, 5.74) is 2.08. The highest BCUT2D eigenvalue weighted by molar-refractivity contribution is 14.1. The summed E-state index contributed by atoms with van der Waals surface area (Å²) in [6.45, 7) is 2.71. The van der Waals surface area contributed by atoms with Gasteiger partial charge in [-0.15, -0.1) is 0 Å². The molecule has 96 valence electrons. The maximum atomic E-state index is 12.2. The van der Waals surface area contributed by atoms with Crippen LogP contribution in [0.2, 0.25) is 0 Å². The van der Waals surface area contributed by atoms with Gasteiger partial charge in [-0.05, 0) is 25.5 Å². The third-order valence-electron chi connectivity index (χ3n) is 2.87. The molecule has 2 nitrogen and oxygen atoms in total. The van der Waals surface area contributed by atoms with Crippen molar-refractivity contribution in [1.29, 1.82) is 0 Å². The predicted molar refractivity (Wildman–Crippen MR) is 89.6 cm³/mol. The summed E-state index contributed by atoms with van der Waals surface area (Å²) in [6, 6.07) is 6.03. The number of benzene rings is 1. The monoisotopic (exact) mass is 483 g/mol. The van der Waals surface area contributed by atoms with Gasteiger partial charge >= 0.3 is 0 Å². The third-order valence-corrected chi connectivity index (χ3v) is 5.06. The van der Waals surface area contributed by atoms with E-state index in [1.165, 1.54) is 0 Å². The summed E-state index contributed by atoms with van der Waals surface area (Å²) in [6.07, 6.45) is 2.95. The van der Waals surface area contributed by atoms with Crippen molar-refractivity contribution in [2.75, 3.05) is 6.54 Å². The summed E-state index contributed by atoms with van der Waals surface area (Å²) >= 11 is 9.22. The highest BCUT2D eigenvalue weighted by Gasteiger charge is 2.28. The summed E-state index contributed by atoms with van der Waals surface area (Å²) in [4.78, 5) is 14.0. The summed E-state index contributed by atoms with van der Waals surface area (Å²) < 4.78 is 2.08. The van der Waals surface area contributed by atoms with E-state index in [1.54, 1.807) is 0 Å². The molecule has 0 spiro atoms. The van der Waals surface area contributed by atoms with Crippen LogP contribution in [0.15, 0.2) is 33.2 Å². The molecule has 1 heterocycles. The van der Waals surface area contributed by atoms with Crippen LogP contribution in [0, 0.1) is 0 Å². The predicted octanol–water partition coefficient (Wildman–Crippen LogP) is 4.61. The maximum absolute atomic E-state index is 12.2. The average molecular weight is 485 g/mol. The van der Waals surface area contributed by atoms with Gasteiger partial charge in [-0.3, -0.25) is 4.79 Å². The van der Waals surface area contributed by atoms with E-state index in [4.69, 9.17) is 0 Å². The molecular formula is C13H12Br2INO. The van der Waals surface area contributed by atoms with E-state index in [1.807, 2.05) is 30.0 Å². The molecule has 1 unspecified atom stereocenters. The number of hydrogen-bond donors (Lipinski definition) is 0. The Hall–Kier alpha value is 0.120. The number of allylic oxidation sites excluding steroid dienone is 1. The number of carbonyl (C=O) groups is 1. The molecule has 0 saturated heterocycles. The van der Waals surface area contributed by atoms with Crippen molar-refractivity contribution in [1.82, 2.24) is 4.90 Å². The zero-order valence-corrected chi connectivity index (χ0v) is 15.1. The molecule has 0 radical (unpaired) electrons. The van der Waals surface area contributed by atoms with Crippen molar-refractivity contribution >= 4 is 66.1 Å². The second kappa shape index (κ2) is 6.05. The van der Waals surface area contributed by atoms with E-state index in [2.05, 4.69) is 60.5 Å². The Morgan fingerprint density at radius 2 is 2.17 bits per heavy atom. The van der Waals surface area contributed by atoms with Crippen LogP contribution < -0.4 is 0 Å². The Bertz CT molecular complexity index is 516. The fourth-order valence-electron chi connectivity index (χ4n) is 1.99. The lowest BCUT2D eigenvalue weighted by molar-refractivity contribution is -0.127. The van der Waals surface area contributed by atoms with Crippen LogP contribution in [-0.4, -0.2) is 21.3 Å². The van der Waals surface area contributed by atoms with Gasteiger partial charge in [0.1, 0.15) is 0 Å². The molecule has 1 aliphatic heterocycles. The van der Waals surface area contributed by atoms with Crippen molar-refractivity contribution < 1.29 is 4.79 Å². The first-order chi connectivity index (χ1) is 8.54. The van der Waals surface area contributed by atoms with Crippen LogP contribution in [0.3, 0.4) is 0 Å². The zero-order chi connectivity index (χ0) is 13.3. The number of carbonyl (C=O) groups excluding carboxylic acids is 1. The molecular weight excluding hydrogens is 473 g/mol. The van der Waals surface area contributed by atoms with Gasteiger partial charge < -0.3 is 4.90 Å². The van der Waals surface area contributed by atoms with Crippen molar-refractivity contribution in [2.45, 2.75) is 17.3 Å². The fraction of sp³-hybridized carbons (Fsp3) is 0.308. The fourth-order valence-corrected chi connectivity index (χ4v) is 3.83. The molecule has 0 N–H and O–H groups in total. The Kier molecular flexibility index (Phi) is 4.88. The smallest absolute Gasteiger partial charge is 0.240 e. The molecule has 1 atom stereocenters. The Morgan fingerprint density at radius 1 is 1.44 bits per heavy atom. The van der Waals surface area contributed by atoms with Crippen LogP contribution in [0.5, 0.6) is 0 Å². The first kappa shape index (κ1) is 14.5. The SMILES string of the molecule is CCN1C(=O)C(I)CC=C1c1ccc(Br)cc1Br. The van der Waals surface area contributed by atoms with Gasteiger partial charge in [0.15, 0.2) is 0 Å². The molecule has 2 rings (SSSR count). The molecule has 18 heavy (non-hydrogen) atoms.